The van der Waals surface area contributed by atoms with Crippen molar-refractivity contribution in [1.29, 1.82) is 0 Å². The number of hydrogen-bond acceptors (Lipinski definition) is 4. The van der Waals surface area contributed by atoms with Crippen LogP contribution < -0.4 is 10.6 Å². The van der Waals surface area contributed by atoms with Crippen LogP contribution in [0, 0.1) is 0 Å². The molecule has 0 saturated carbocycles. The molecule has 2 N–H and O–H groups in total. The largest absolute Gasteiger partial charge is 0.347 e. The summed E-state index contributed by atoms with van der Waals surface area (Å²) >= 11 is 0. The van der Waals surface area contributed by atoms with E-state index in [0.717, 1.165) is 18.7 Å². The number of carbonyl (C=O) groups is 1. The van der Waals surface area contributed by atoms with Crippen molar-refractivity contribution in [3.05, 3.63) is 59.2 Å². The Morgan fingerprint density at radius 2 is 2.16 bits per heavy atom. The summed E-state index contributed by atoms with van der Waals surface area (Å²) in [5.41, 5.74) is 4.08. The van der Waals surface area contributed by atoms with Crippen molar-refractivity contribution in [3.8, 4) is 0 Å². The zero-order chi connectivity index (χ0) is 13.1. The van der Waals surface area contributed by atoms with Crippen molar-refractivity contribution < 1.29 is 4.79 Å². The molecule has 1 aliphatic heterocycles. The molecule has 1 aromatic carbocycles. The van der Waals surface area contributed by atoms with Crippen molar-refractivity contribution in [1.82, 2.24) is 20.6 Å². The van der Waals surface area contributed by atoms with Crippen molar-refractivity contribution in [2.45, 2.75) is 19.6 Å². The summed E-state index contributed by atoms with van der Waals surface area (Å²) in [6.45, 7) is 2.34. The van der Waals surface area contributed by atoms with Gasteiger partial charge in [-0.2, -0.15) is 0 Å². The van der Waals surface area contributed by atoms with Gasteiger partial charge in [-0.25, -0.2) is 4.98 Å². The summed E-state index contributed by atoms with van der Waals surface area (Å²) in [6.07, 6.45) is 4.52. The molecule has 2 aromatic rings. The summed E-state index contributed by atoms with van der Waals surface area (Å²) in [4.78, 5) is 19.7. The Kier molecular flexibility index (Phi) is 3.20. The van der Waals surface area contributed by atoms with Crippen LogP contribution in [0.1, 0.15) is 27.2 Å². The monoisotopic (exact) mass is 254 g/mol. The number of nitrogens with zero attached hydrogens (tertiary/aromatic N) is 2. The van der Waals surface area contributed by atoms with Crippen LogP contribution >= 0.6 is 0 Å². The van der Waals surface area contributed by atoms with E-state index in [9.17, 15) is 4.79 Å². The van der Waals surface area contributed by atoms with Gasteiger partial charge in [-0.05, 0) is 16.7 Å². The van der Waals surface area contributed by atoms with E-state index in [1.807, 2.05) is 6.07 Å². The number of benzene rings is 1. The number of rotatable bonds is 3. The van der Waals surface area contributed by atoms with Gasteiger partial charge in [0.1, 0.15) is 5.69 Å². The molecule has 0 unspecified atom stereocenters. The number of aromatic nitrogens is 2. The molecule has 3 rings (SSSR count). The average Bonchev–Trinajstić information content (AvgIpc) is 2.93. The molecule has 0 saturated heterocycles. The smallest absolute Gasteiger partial charge is 0.271 e. The minimum Gasteiger partial charge on any atom is -0.347 e. The Hall–Kier alpha value is -2.27. The molecule has 0 spiro atoms. The highest BCUT2D eigenvalue weighted by Crippen LogP contribution is 2.16. The zero-order valence-corrected chi connectivity index (χ0v) is 10.4. The van der Waals surface area contributed by atoms with Gasteiger partial charge in [0.25, 0.3) is 5.91 Å². The first kappa shape index (κ1) is 11.8. The second kappa shape index (κ2) is 5.16. The van der Waals surface area contributed by atoms with Crippen LogP contribution in [0.2, 0.25) is 0 Å². The highest BCUT2D eigenvalue weighted by Gasteiger charge is 2.11. The van der Waals surface area contributed by atoms with Gasteiger partial charge in [-0.3, -0.25) is 9.78 Å². The van der Waals surface area contributed by atoms with E-state index in [2.05, 4.69) is 32.7 Å². The molecule has 0 bridgehead atoms. The Balaban J connectivity index is 1.65. The van der Waals surface area contributed by atoms with E-state index in [1.165, 1.54) is 23.5 Å². The van der Waals surface area contributed by atoms with Gasteiger partial charge >= 0.3 is 0 Å². The second-order valence-corrected chi connectivity index (χ2v) is 4.48. The summed E-state index contributed by atoms with van der Waals surface area (Å²) in [7, 11) is 0. The fourth-order valence-corrected chi connectivity index (χ4v) is 2.15. The number of carbonyl (C=O) groups excluding carboxylic acids is 1. The number of nitrogens with one attached hydrogen (secondary N) is 2. The molecule has 5 nitrogen and oxygen atoms in total. The maximum atomic E-state index is 11.8. The lowest BCUT2D eigenvalue weighted by Gasteiger charge is -2.06. The predicted octanol–water partition coefficient (Wildman–Crippen LogP) is 1.01. The minimum atomic E-state index is -0.202. The van der Waals surface area contributed by atoms with Crippen LogP contribution in [-0.4, -0.2) is 15.9 Å². The molecule has 19 heavy (non-hydrogen) atoms. The van der Waals surface area contributed by atoms with Gasteiger partial charge in [0.2, 0.25) is 0 Å². The first-order valence-corrected chi connectivity index (χ1v) is 6.18. The molecule has 0 radical (unpaired) electrons. The van der Waals surface area contributed by atoms with Crippen LogP contribution in [0.15, 0.2) is 36.8 Å². The molecule has 0 aliphatic carbocycles. The molecule has 1 aliphatic rings. The van der Waals surface area contributed by atoms with Gasteiger partial charge in [0.15, 0.2) is 0 Å². The van der Waals surface area contributed by atoms with Gasteiger partial charge in [-0.15, -0.1) is 0 Å². The van der Waals surface area contributed by atoms with Gasteiger partial charge < -0.3 is 10.6 Å². The molecule has 96 valence electrons. The van der Waals surface area contributed by atoms with Crippen LogP contribution in [0.4, 0.5) is 0 Å². The van der Waals surface area contributed by atoms with E-state index in [1.54, 1.807) is 6.20 Å². The SMILES string of the molecule is O=C(NCc1ccc2c(c1)CNC2)c1cnccn1. The fraction of sp³-hybridized carbons (Fsp3) is 0.214. The van der Waals surface area contributed by atoms with Crippen molar-refractivity contribution in [3.63, 3.8) is 0 Å². The Morgan fingerprint density at radius 3 is 3.00 bits per heavy atom. The van der Waals surface area contributed by atoms with Crippen LogP contribution in [-0.2, 0) is 19.6 Å². The number of fused-ring (bicyclic) bond motifs is 1. The lowest BCUT2D eigenvalue weighted by molar-refractivity contribution is 0.0945. The summed E-state index contributed by atoms with van der Waals surface area (Å²) < 4.78 is 0. The second-order valence-electron chi connectivity index (χ2n) is 4.48. The minimum absolute atomic E-state index is 0.202. The molecule has 1 amide bonds. The number of hydrogen-bond donors (Lipinski definition) is 2. The van der Waals surface area contributed by atoms with E-state index < -0.39 is 0 Å². The Labute approximate surface area is 111 Å². The van der Waals surface area contributed by atoms with Crippen LogP contribution in [0.3, 0.4) is 0 Å². The van der Waals surface area contributed by atoms with Gasteiger partial charge in [-0.1, -0.05) is 18.2 Å². The summed E-state index contributed by atoms with van der Waals surface area (Å²) in [5.74, 6) is -0.202. The van der Waals surface area contributed by atoms with E-state index in [0.29, 0.717) is 12.2 Å². The molecular weight excluding hydrogens is 240 g/mol. The third-order valence-electron chi connectivity index (χ3n) is 3.15. The highest BCUT2D eigenvalue weighted by molar-refractivity contribution is 5.91. The molecule has 0 fully saturated rings. The molecular formula is C14H14N4O. The maximum absolute atomic E-state index is 11.8. The molecule has 5 heteroatoms. The first-order valence-electron chi connectivity index (χ1n) is 6.18. The fourth-order valence-electron chi connectivity index (χ4n) is 2.15. The van der Waals surface area contributed by atoms with Crippen LogP contribution in [0.25, 0.3) is 0 Å². The van der Waals surface area contributed by atoms with E-state index in [-0.39, 0.29) is 5.91 Å². The number of amides is 1. The van der Waals surface area contributed by atoms with Crippen LogP contribution in [0.5, 0.6) is 0 Å². The highest BCUT2D eigenvalue weighted by atomic mass is 16.1. The van der Waals surface area contributed by atoms with Gasteiger partial charge in [0.05, 0.1) is 6.20 Å². The summed E-state index contributed by atoms with van der Waals surface area (Å²) in [6, 6.07) is 6.29. The summed E-state index contributed by atoms with van der Waals surface area (Å²) in [5, 5.41) is 6.14. The Morgan fingerprint density at radius 1 is 1.26 bits per heavy atom. The molecule has 2 heterocycles. The van der Waals surface area contributed by atoms with Crippen molar-refractivity contribution in [2.75, 3.05) is 0 Å². The molecule has 0 atom stereocenters. The van der Waals surface area contributed by atoms with E-state index >= 15 is 0 Å². The zero-order valence-electron chi connectivity index (χ0n) is 10.4. The quantitative estimate of drug-likeness (QED) is 0.858. The Bertz CT molecular complexity index is 598. The predicted molar refractivity (Wildman–Crippen MR) is 70.2 cm³/mol. The van der Waals surface area contributed by atoms with Crippen molar-refractivity contribution >= 4 is 5.91 Å². The maximum Gasteiger partial charge on any atom is 0.271 e. The normalized spacial score (nSPS) is 13.1. The molecule has 1 aromatic heterocycles. The average molecular weight is 254 g/mol. The lowest BCUT2D eigenvalue weighted by Crippen LogP contribution is -2.23. The standard InChI is InChI=1S/C14H14N4O/c19-14(13-9-15-3-4-17-13)18-6-10-1-2-11-7-16-8-12(11)5-10/h1-5,9,16H,6-8H2,(H,18,19). The van der Waals surface area contributed by atoms with Crippen molar-refractivity contribution in [2.24, 2.45) is 0 Å². The van der Waals surface area contributed by atoms with E-state index in [4.69, 9.17) is 0 Å². The van der Waals surface area contributed by atoms with Gasteiger partial charge in [0, 0.05) is 32.0 Å². The topological polar surface area (TPSA) is 66.9 Å². The third kappa shape index (κ3) is 2.61. The lowest BCUT2D eigenvalue weighted by atomic mass is 10.1. The first-order chi connectivity index (χ1) is 9.33. The third-order valence-corrected chi connectivity index (χ3v) is 3.15.